The Balaban J connectivity index is 1.67. The SMILES string of the molecule is CC1(C)C(=O)N(c2ccc(C#N)c(C(F)(F)F)c2)C(=S)N1c1ccc(O)c(OCCC2(O)CC2)c1. The minimum atomic E-state index is -4.79. The van der Waals surface area contributed by atoms with E-state index in [1.165, 1.54) is 35.2 Å². The van der Waals surface area contributed by atoms with Crippen molar-refractivity contribution in [2.75, 3.05) is 16.4 Å². The summed E-state index contributed by atoms with van der Waals surface area (Å²) in [6.07, 6.45) is -3.00. The average molecular weight is 506 g/mol. The molecule has 2 aliphatic rings. The number of hydrogen-bond donors (Lipinski definition) is 2. The maximum Gasteiger partial charge on any atom is 0.417 e. The van der Waals surface area contributed by atoms with Crippen molar-refractivity contribution in [1.29, 1.82) is 5.26 Å². The van der Waals surface area contributed by atoms with Crippen molar-refractivity contribution < 1.29 is 32.9 Å². The van der Waals surface area contributed by atoms with E-state index in [1.807, 2.05) is 0 Å². The Morgan fingerprint density at radius 3 is 2.43 bits per heavy atom. The summed E-state index contributed by atoms with van der Waals surface area (Å²) in [6, 6.07) is 8.86. The van der Waals surface area contributed by atoms with E-state index in [0.717, 1.165) is 17.0 Å². The predicted octanol–water partition coefficient (Wildman–Crippen LogP) is 4.49. The second kappa shape index (κ2) is 8.39. The number of halogens is 3. The van der Waals surface area contributed by atoms with Crippen LogP contribution in [0.25, 0.3) is 0 Å². The molecule has 184 valence electrons. The molecule has 1 aliphatic carbocycles. The molecule has 1 saturated heterocycles. The lowest BCUT2D eigenvalue weighted by atomic mass is 10.0. The summed E-state index contributed by atoms with van der Waals surface area (Å²) in [5, 5.41) is 29.2. The maximum absolute atomic E-state index is 13.5. The topological polar surface area (TPSA) is 97.0 Å². The van der Waals surface area contributed by atoms with Gasteiger partial charge in [-0.05, 0) is 69.2 Å². The Bertz CT molecular complexity index is 1250. The molecule has 35 heavy (non-hydrogen) atoms. The van der Waals surface area contributed by atoms with E-state index >= 15 is 0 Å². The molecule has 2 N–H and O–H groups in total. The number of ether oxygens (including phenoxy) is 1. The number of nitrogens with zero attached hydrogens (tertiary/aromatic N) is 3. The summed E-state index contributed by atoms with van der Waals surface area (Å²) >= 11 is 5.52. The Morgan fingerprint density at radius 1 is 1.17 bits per heavy atom. The van der Waals surface area contributed by atoms with Crippen LogP contribution in [0.2, 0.25) is 0 Å². The molecule has 0 bridgehead atoms. The fourth-order valence-electron chi connectivity index (χ4n) is 3.96. The third kappa shape index (κ3) is 4.51. The number of rotatable bonds is 6. The van der Waals surface area contributed by atoms with Crippen molar-refractivity contribution in [2.45, 2.75) is 50.4 Å². The monoisotopic (exact) mass is 505 g/mol. The molecule has 0 aromatic heterocycles. The molecule has 7 nitrogen and oxygen atoms in total. The van der Waals surface area contributed by atoms with Gasteiger partial charge in [0.05, 0.1) is 35.1 Å². The maximum atomic E-state index is 13.5. The highest BCUT2D eigenvalue weighted by molar-refractivity contribution is 7.81. The first-order chi connectivity index (χ1) is 16.3. The van der Waals surface area contributed by atoms with Crippen LogP contribution >= 0.6 is 12.2 Å². The third-order valence-corrected chi connectivity index (χ3v) is 6.57. The lowest BCUT2D eigenvalue weighted by molar-refractivity contribution is -0.137. The first-order valence-electron chi connectivity index (χ1n) is 10.8. The van der Waals surface area contributed by atoms with Crippen molar-refractivity contribution in [3.05, 3.63) is 47.5 Å². The number of benzene rings is 2. The molecule has 2 aromatic carbocycles. The van der Waals surface area contributed by atoms with Crippen molar-refractivity contribution in [2.24, 2.45) is 0 Å². The highest BCUT2D eigenvalue weighted by Crippen LogP contribution is 2.42. The van der Waals surface area contributed by atoms with Gasteiger partial charge < -0.3 is 19.8 Å². The van der Waals surface area contributed by atoms with Gasteiger partial charge in [0.1, 0.15) is 5.54 Å². The highest BCUT2D eigenvalue weighted by atomic mass is 32.1. The summed E-state index contributed by atoms with van der Waals surface area (Å²) in [5.41, 5.74) is -3.46. The van der Waals surface area contributed by atoms with Gasteiger partial charge in [-0.15, -0.1) is 0 Å². The van der Waals surface area contributed by atoms with Gasteiger partial charge in [0, 0.05) is 18.2 Å². The molecule has 0 unspecified atom stereocenters. The molecule has 1 heterocycles. The van der Waals surface area contributed by atoms with Gasteiger partial charge in [-0.2, -0.15) is 18.4 Å². The summed E-state index contributed by atoms with van der Waals surface area (Å²) in [4.78, 5) is 15.8. The molecule has 1 aliphatic heterocycles. The summed E-state index contributed by atoms with van der Waals surface area (Å²) < 4.78 is 46.1. The molecule has 0 atom stereocenters. The van der Waals surface area contributed by atoms with Crippen LogP contribution in [0.5, 0.6) is 11.5 Å². The number of alkyl halides is 3. The van der Waals surface area contributed by atoms with Crippen LogP contribution in [0.3, 0.4) is 0 Å². The number of nitriles is 1. The lowest BCUT2D eigenvalue weighted by Crippen LogP contribution is -2.44. The molecule has 4 rings (SSSR count). The number of phenolic OH excluding ortho intramolecular Hbond substituents is 1. The molecular formula is C24H22F3N3O4S. The fraction of sp³-hybridized carbons (Fsp3) is 0.375. The zero-order valence-corrected chi connectivity index (χ0v) is 19.7. The van der Waals surface area contributed by atoms with Gasteiger partial charge in [-0.25, -0.2) is 0 Å². The zero-order chi connectivity index (χ0) is 25.8. The normalized spacial score (nSPS) is 18.5. The first-order valence-corrected chi connectivity index (χ1v) is 11.2. The van der Waals surface area contributed by atoms with E-state index in [1.54, 1.807) is 13.8 Å². The quantitative estimate of drug-likeness (QED) is 0.559. The van der Waals surface area contributed by atoms with Crippen LogP contribution in [0.15, 0.2) is 36.4 Å². The number of carbonyl (C=O) groups is 1. The largest absolute Gasteiger partial charge is 0.504 e. The number of aromatic hydroxyl groups is 1. The van der Waals surface area contributed by atoms with E-state index in [9.17, 15) is 28.2 Å². The van der Waals surface area contributed by atoms with Crippen LogP contribution in [-0.4, -0.2) is 39.0 Å². The second-order valence-corrected chi connectivity index (χ2v) is 9.50. The molecule has 2 fully saturated rings. The van der Waals surface area contributed by atoms with Crippen LogP contribution in [0.4, 0.5) is 24.5 Å². The number of carbonyl (C=O) groups excluding carboxylic acids is 1. The Morgan fingerprint density at radius 2 is 1.83 bits per heavy atom. The lowest BCUT2D eigenvalue weighted by Gasteiger charge is -2.29. The molecule has 2 aromatic rings. The standard InChI is InChI=1S/C24H22F3N3O4S/c1-22(2)20(32)29(15-4-3-14(13-28)17(11-15)24(25,26)27)21(35)30(22)16-5-6-18(31)19(12-16)34-10-9-23(33)7-8-23/h3-6,11-12,31,33H,7-10H2,1-2H3. The van der Waals surface area contributed by atoms with Crippen LogP contribution in [0, 0.1) is 11.3 Å². The van der Waals surface area contributed by atoms with Crippen molar-refractivity contribution in [3.63, 3.8) is 0 Å². The van der Waals surface area contributed by atoms with Gasteiger partial charge in [0.2, 0.25) is 0 Å². The van der Waals surface area contributed by atoms with E-state index < -0.39 is 34.4 Å². The fourth-order valence-corrected chi connectivity index (χ4v) is 4.48. The summed E-state index contributed by atoms with van der Waals surface area (Å²) in [6.45, 7) is 3.32. The van der Waals surface area contributed by atoms with E-state index in [-0.39, 0.29) is 28.9 Å². The van der Waals surface area contributed by atoms with Gasteiger partial charge in [0.25, 0.3) is 5.91 Å². The van der Waals surface area contributed by atoms with Gasteiger partial charge in [0.15, 0.2) is 16.6 Å². The average Bonchev–Trinajstić information content (AvgIpc) is 3.48. The highest BCUT2D eigenvalue weighted by Gasteiger charge is 2.51. The van der Waals surface area contributed by atoms with E-state index in [0.29, 0.717) is 24.9 Å². The molecule has 11 heteroatoms. The van der Waals surface area contributed by atoms with Gasteiger partial charge in [-0.1, -0.05) is 0 Å². The Labute approximate surface area is 204 Å². The number of hydrogen-bond acceptors (Lipinski definition) is 6. The van der Waals surface area contributed by atoms with Crippen molar-refractivity contribution in [3.8, 4) is 17.6 Å². The van der Waals surface area contributed by atoms with Crippen molar-refractivity contribution in [1.82, 2.24) is 0 Å². The second-order valence-electron chi connectivity index (χ2n) is 9.13. The third-order valence-electron chi connectivity index (χ3n) is 6.21. The number of thiocarbonyl (C=S) groups is 1. The number of phenols is 1. The molecule has 0 spiro atoms. The Hall–Kier alpha value is -3.36. The smallest absolute Gasteiger partial charge is 0.417 e. The van der Waals surface area contributed by atoms with Gasteiger partial charge in [-0.3, -0.25) is 9.69 Å². The van der Waals surface area contributed by atoms with E-state index in [2.05, 4.69) is 0 Å². The number of amides is 1. The van der Waals surface area contributed by atoms with Crippen LogP contribution < -0.4 is 14.5 Å². The first kappa shape index (κ1) is 24.8. The summed E-state index contributed by atoms with van der Waals surface area (Å²) in [7, 11) is 0. The number of aliphatic hydroxyl groups is 1. The Kier molecular flexibility index (Phi) is 5.93. The molecule has 1 amide bonds. The molecule has 1 saturated carbocycles. The van der Waals surface area contributed by atoms with Crippen molar-refractivity contribution >= 4 is 34.6 Å². The molecule has 0 radical (unpaired) electrons. The van der Waals surface area contributed by atoms with Crippen LogP contribution in [-0.2, 0) is 11.0 Å². The minimum Gasteiger partial charge on any atom is -0.504 e. The zero-order valence-electron chi connectivity index (χ0n) is 18.9. The minimum absolute atomic E-state index is 0.0678. The van der Waals surface area contributed by atoms with Gasteiger partial charge >= 0.3 is 6.18 Å². The molecular weight excluding hydrogens is 483 g/mol. The summed E-state index contributed by atoms with van der Waals surface area (Å²) in [5.74, 6) is -0.592. The number of anilines is 2. The van der Waals surface area contributed by atoms with Crippen LogP contribution in [0.1, 0.15) is 44.2 Å². The predicted molar refractivity (Wildman–Crippen MR) is 125 cm³/mol. The van der Waals surface area contributed by atoms with E-state index in [4.69, 9.17) is 22.2 Å².